The van der Waals surface area contributed by atoms with Crippen LogP contribution in [0.4, 0.5) is 0 Å². The van der Waals surface area contributed by atoms with E-state index in [4.69, 9.17) is 12.2 Å². The molecule has 0 heterocycles. The van der Waals surface area contributed by atoms with E-state index in [1.807, 2.05) is 11.8 Å². The number of hydrogen-bond donors (Lipinski definition) is 2. The Hall–Kier alpha value is -0.170. The summed E-state index contributed by atoms with van der Waals surface area (Å²) in [6.45, 7) is 1.08. The minimum Gasteiger partial charge on any atom is -0.328 e. The minimum atomic E-state index is 0.448. The molecule has 0 unspecified atom stereocenters. The molecule has 0 saturated heterocycles. The van der Waals surface area contributed by atoms with Gasteiger partial charge in [0, 0.05) is 24.4 Å². The topological polar surface area (TPSA) is 38.0 Å². The van der Waals surface area contributed by atoms with Gasteiger partial charge in [-0.2, -0.15) is 0 Å². The van der Waals surface area contributed by atoms with Crippen LogP contribution in [0.5, 0.6) is 0 Å². The van der Waals surface area contributed by atoms with Crippen LogP contribution in [0.2, 0.25) is 0 Å². The molecule has 0 aromatic rings. The predicted molar refractivity (Wildman–Crippen MR) is 64.4 cm³/mol. The maximum atomic E-state index is 5.84. The molecule has 1 rings (SSSR count). The van der Waals surface area contributed by atoms with E-state index in [9.17, 15) is 0 Å². The van der Waals surface area contributed by atoms with Gasteiger partial charge in [-0.3, -0.25) is 0 Å². The van der Waals surface area contributed by atoms with Crippen molar-refractivity contribution in [3.05, 3.63) is 0 Å². The first kappa shape index (κ1) is 11.9. The third kappa shape index (κ3) is 4.90. The minimum absolute atomic E-state index is 0.448. The number of hydrogen-bond acceptors (Lipinski definition) is 3. The Morgan fingerprint density at radius 1 is 1.36 bits per heavy atom. The van der Waals surface area contributed by atoms with E-state index in [1.54, 1.807) is 0 Å². The summed E-state index contributed by atoms with van der Waals surface area (Å²) in [6.07, 6.45) is 9.99. The molecule has 0 aromatic carbocycles. The molecule has 1 fully saturated rings. The Balaban J connectivity index is 1.94. The fourth-order valence-corrected chi connectivity index (χ4v) is 2.31. The van der Waals surface area contributed by atoms with Gasteiger partial charge in [0.25, 0.3) is 0 Å². The molecular formula is C11H20N2S. The zero-order valence-electron chi connectivity index (χ0n) is 8.67. The van der Waals surface area contributed by atoms with Crippen LogP contribution in [-0.4, -0.2) is 30.1 Å². The largest absolute Gasteiger partial charge is 0.328 e. The van der Waals surface area contributed by atoms with Crippen LogP contribution < -0.4 is 11.1 Å². The average molecular weight is 212 g/mol. The average Bonchev–Trinajstić information content (AvgIpc) is 2.21. The molecule has 2 nitrogen and oxygen atoms in total. The van der Waals surface area contributed by atoms with Crippen molar-refractivity contribution >= 4 is 11.8 Å². The van der Waals surface area contributed by atoms with Gasteiger partial charge in [0.15, 0.2) is 0 Å². The summed E-state index contributed by atoms with van der Waals surface area (Å²) in [6, 6.07) is 1.14. The maximum absolute atomic E-state index is 5.84. The van der Waals surface area contributed by atoms with Crippen molar-refractivity contribution in [1.29, 1.82) is 0 Å². The molecule has 1 aliphatic carbocycles. The van der Waals surface area contributed by atoms with E-state index in [0.717, 1.165) is 18.1 Å². The Bertz CT molecular complexity index is 180. The van der Waals surface area contributed by atoms with E-state index in [2.05, 4.69) is 11.2 Å². The Morgan fingerprint density at radius 2 is 2.07 bits per heavy atom. The van der Waals surface area contributed by atoms with Crippen molar-refractivity contribution in [2.24, 2.45) is 5.73 Å². The van der Waals surface area contributed by atoms with Crippen LogP contribution in [-0.2, 0) is 0 Å². The van der Waals surface area contributed by atoms with Crippen LogP contribution >= 0.6 is 11.8 Å². The summed E-state index contributed by atoms with van der Waals surface area (Å²) in [5.74, 6) is 4.58. The lowest BCUT2D eigenvalue weighted by Crippen LogP contribution is -2.38. The van der Waals surface area contributed by atoms with Gasteiger partial charge in [0.05, 0.1) is 5.75 Å². The lowest BCUT2D eigenvalue weighted by Gasteiger charge is -2.26. The molecule has 14 heavy (non-hydrogen) atoms. The van der Waals surface area contributed by atoms with E-state index in [1.165, 1.54) is 25.7 Å². The second-order valence-corrected chi connectivity index (χ2v) is 4.93. The second-order valence-electron chi connectivity index (χ2n) is 3.82. The lowest BCUT2D eigenvalue weighted by atomic mass is 9.92. The van der Waals surface area contributed by atoms with Gasteiger partial charge < -0.3 is 11.1 Å². The molecule has 0 amide bonds. The van der Waals surface area contributed by atoms with Crippen molar-refractivity contribution in [2.75, 3.05) is 18.1 Å². The monoisotopic (exact) mass is 212 g/mol. The van der Waals surface area contributed by atoms with E-state index in [-0.39, 0.29) is 0 Å². The summed E-state index contributed by atoms with van der Waals surface area (Å²) >= 11 is 1.82. The van der Waals surface area contributed by atoms with Crippen molar-refractivity contribution < 1.29 is 0 Å². The van der Waals surface area contributed by atoms with Gasteiger partial charge in [-0.1, -0.05) is 5.92 Å². The molecule has 0 atom stereocenters. The Kier molecular flexibility index (Phi) is 6.09. The molecule has 1 saturated carbocycles. The number of thioether (sulfide) groups is 1. The summed E-state index contributed by atoms with van der Waals surface area (Å²) < 4.78 is 0. The fraction of sp³-hybridized carbons (Fsp3) is 0.818. The molecule has 0 bridgehead atoms. The molecule has 80 valence electrons. The normalized spacial score (nSPS) is 27.1. The van der Waals surface area contributed by atoms with Gasteiger partial charge in [0.2, 0.25) is 0 Å². The molecule has 3 N–H and O–H groups in total. The quantitative estimate of drug-likeness (QED) is 0.531. The van der Waals surface area contributed by atoms with Crippen LogP contribution in [0, 0.1) is 12.3 Å². The van der Waals surface area contributed by atoms with Crippen molar-refractivity contribution in [1.82, 2.24) is 5.32 Å². The van der Waals surface area contributed by atoms with Crippen molar-refractivity contribution in [2.45, 2.75) is 37.8 Å². The van der Waals surface area contributed by atoms with Gasteiger partial charge in [0.1, 0.15) is 0 Å². The fourth-order valence-electron chi connectivity index (χ4n) is 1.79. The highest BCUT2D eigenvalue weighted by Crippen LogP contribution is 2.16. The summed E-state index contributed by atoms with van der Waals surface area (Å²) in [5.41, 5.74) is 5.84. The molecule has 0 spiro atoms. The summed E-state index contributed by atoms with van der Waals surface area (Å²) in [7, 11) is 0. The third-order valence-corrected chi connectivity index (χ3v) is 3.50. The number of nitrogens with two attached hydrogens (primary N) is 1. The first-order valence-electron chi connectivity index (χ1n) is 5.33. The first-order valence-corrected chi connectivity index (χ1v) is 6.48. The van der Waals surface area contributed by atoms with Gasteiger partial charge in [-0.05, 0) is 25.7 Å². The van der Waals surface area contributed by atoms with Gasteiger partial charge >= 0.3 is 0 Å². The number of rotatable bonds is 5. The second kappa shape index (κ2) is 7.17. The van der Waals surface area contributed by atoms with E-state index >= 15 is 0 Å². The maximum Gasteiger partial charge on any atom is 0.0545 e. The molecule has 0 aliphatic heterocycles. The molecule has 0 radical (unpaired) electrons. The first-order chi connectivity index (χ1) is 6.83. The van der Waals surface area contributed by atoms with Crippen LogP contribution in [0.3, 0.4) is 0 Å². The third-order valence-electron chi connectivity index (χ3n) is 2.64. The van der Waals surface area contributed by atoms with Gasteiger partial charge in [-0.25, -0.2) is 0 Å². The predicted octanol–water partition coefficient (Wildman–Crippen LogP) is 1.21. The highest BCUT2D eigenvalue weighted by Gasteiger charge is 2.17. The zero-order valence-corrected chi connectivity index (χ0v) is 9.48. The molecular weight excluding hydrogens is 192 g/mol. The lowest BCUT2D eigenvalue weighted by molar-refractivity contribution is 0.348. The summed E-state index contributed by atoms with van der Waals surface area (Å²) in [5, 5.41) is 3.56. The van der Waals surface area contributed by atoms with E-state index < -0.39 is 0 Å². The number of terminal acetylenes is 1. The van der Waals surface area contributed by atoms with E-state index in [0.29, 0.717) is 12.1 Å². The van der Waals surface area contributed by atoms with Crippen LogP contribution in [0.1, 0.15) is 25.7 Å². The Morgan fingerprint density at radius 3 is 2.71 bits per heavy atom. The van der Waals surface area contributed by atoms with Crippen molar-refractivity contribution in [3.63, 3.8) is 0 Å². The SMILES string of the molecule is C#CCSCCNC1CCC(N)CC1. The molecule has 1 aliphatic rings. The highest BCUT2D eigenvalue weighted by molar-refractivity contribution is 7.99. The number of nitrogens with one attached hydrogen (secondary N) is 1. The Labute approximate surface area is 91.4 Å². The standard InChI is InChI=1S/C11H20N2S/c1-2-8-14-9-7-13-11-5-3-10(12)4-6-11/h1,10-11,13H,3-9,12H2. The zero-order chi connectivity index (χ0) is 10.2. The highest BCUT2D eigenvalue weighted by atomic mass is 32.2. The van der Waals surface area contributed by atoms with Gasteiger partial charge in [-0.15, -0.1) is 18.2 Å². The summed E-state index contributed by atoms with van der Waals surface area (Å²) in [4.78, 5) is 0. The van der Waals surface area contributed by atoms with Crippen LogP contribution in [0.15, 0.2) is 0 Å². The smallest absolute Gasteiger partial charge is 0.0545 e. The molecule has 0 aromatic heterocycles. The van der Waals surface area contributed by atoms with Crippen molar-refractivity contribution in [3.8, 4) is 12.3 Å². The molecule has 3 heteroatoms. The van der Waals surface area contributed by atoms with Crippen LogP contribution in [0.25, 0.3) is 0 Å².